The molecule has 126 valence electrons. The molecule has 0 fully saturated rings. The van der Waals surface area contributed by atoms with E-state index in [2.05, 4.69) is 15.5 Å². The minimum atomic E-state index is -0.524. The van der Waals surface area contributed by atoms with E-state index in [1.165, 1.54) is 18.2 Å². The predicted octanol–water partition coefficient (Wildman–Crippen LogP) is 3.56. The fraction of sp³-hybridized carbons (Fsp3) is 0.0556. The van der Waals surface area contributed by atoms with Crippen LogP contribution >= 0.6 is 11.6 Å². The summed E-state index contributed by atoms with van der Waals surface area (Å²) >= 11 is 5.87. The molecule has 0 atom stereocenters. The second kappa shape index (κ2) is 7.72. The number of para-hydroxylation sites is 1. The van der Waals surface area contributed by atoms with Gasteiger partial charge >= 0.3 is 0 Å². The van der Waals surface area contributed by atoms with E-state index < -0.39 is 11.7 Å². The van der Waals surface area contributed by atoms with Gasteiger partial charge in [0.2, 0.25) is 0 Å². The summed E-state index contributed by atoms with van der Waals surface area (Å²) in [5.74, 6) is -0.519. The van der Waals surface area contributed by atoms with Crippen LogP contribution < -0.4 is 10.2 Å². The molecule has 0 spiro atoms. The van der Waals surface area contributed by atoms with Gasteiger partial charge in [-0.1, -0.05) is 35.9 Å². The summed E-state index contributed by atoms with van der Waals surface area (Å²) in [7, 11) is 0. The molecule has 0 radical (unpaired) electrons. The maximum atomic E-state index is 13.6. The molecular weight excluding hydrogens is 345 g/mol. The third kappa shape index (κ3) is 4.10. The third-order valence-electron chi connectivity index (χ3n) is 3.34. The van der Waals surface area contributed by atoms with Crippen molar-refractivity contribution in [2.45, 2.75) is 0 Å². The fourth-order valence-corrected chi connectivity index (χ4v) is 2.38. The fourth-order valence-electron chi connectivity index (χ4n) is 2.17. The Morgan fingerprint density at radius 3 is 2.88 bits per heavy atom. The maximum Gasteiger partial charge on any atom is 0.277 e. The first-order valence-electron chi connectivity index (χ1n) is 7.37. The van der Waals surface area contributed by atoms with Gasteiger partial charge in [-0.25, -0.2) is 9.82 Å². The molecule has 7 heteroatoms. The average Bonchev–Trinajstić information content (AvgIpc) is 2.62. The summed E-state index contributed by atoms with van der Waals surface area (Å²) in [5.41, 5.74) is 3.03. The SMILES string of the molecule is O=C(COc1cccc2cccnc12)NN=Cc1c(F)cccc1Cl. The Morgan fingerprint density at radius 2 is 2.04 bits per heavy atom. The van der Waals surface area contributed by atoms with Crippen molar-refractivity contribution in [3.63, 3.8) is 0 Å². The number of hydrogen-bond acceptors (Lipinski definition) is 4. The van der Waals surface area contributed by atoms with Crippen LogP contribution in [-0.4, -0.2) is 23.7 Å². The number of hydrogen-bond donors (Lipinski definition) is 1. The predicted molar refractivity (Wildman–Crippen MR) is 94.4 cm³/mol. The van der Waals surface area contributed by atoms with Crippen LogP contribution in [-0.2, 0) is 4.79 Å². The topological polar surface area (TPSA) is 63.6 Å². The van der Waals surface area contributed by atoms with Crippen LogP contribution in [0.15, 0.2) is 59.8 Å². The maximum absolute atomic E-state index is 13.6. The van der Waals surface area contributed by atoms with E-state index in [1.54, 1.807) is 12.3 Å². The Bertz CT molecular complexity index is 921. The molecule has 0 aliphatic rings. The summed E-state index contributed by atoms with van der Waals surface area (Å²) in [5, 5.41) is 4.81. The van der Waals surface area contributed by atoms with Crippen molar-refractivity contribution in [1.29, 1.82) is 0 Å². The van der Waals surface area contributed by atoms with Gasteiger partial charge in [-0.15, -0.1) is 0 Å². The van der Waals surface area contributed by atoms with Gasteiger partial charge in [0.1, 0.15) is 17.1 Å². The number of nitrogens with zero attached hydrogens (tertiary/aromatic N) is 2. The number of nitrogens with one attached hydrogen (secondary N) is 1. The van der Waals surface area contributed by atoms with Gasteiger partial charge in [0.15, 0.2) is 6.61 Å². The summed E-state index contributed by atoms with van der Waals surface area (Å²) < 4.78 is 19.1. The number of amides is 1. The number of aromatic nitrogens is 1. The Hall–Kier alpha value is -2.99. The molecule has 0 saturated heterocycles. The van der Waals surface area contributed by atoms with E-state index in [1.807, 2.05) is 24.3 Å². The Labute approximate surface area is 148 Å². The molecule has 0 saturated carbocycles. The van der Waals surface area contributed by atoms with Crippen LogP contribution in [0.3, 0.4) is 0 Å². The van der Waals surface area contributed by atoms with Gasteiger partial charge in [-0.05, 0) is 24.3 Å². The number of rotatable bonds is 5. The largest absolute Gasteiger partial charge is 0.481 e. The van der Waals surface area contributed by atoms with Crippen molar-refractivity contribution in [2.24, 2.45) is 5.10 Å². The van der Waals surface area contributed by atoms with Crippen LogP contribution in [0, 0.1) is 5.82 Å². The minimum absolute atomic E-state index is 0.101. The van der Waals surface area contributed by atoms with Crippen LogP contribution in [0.1, 0.15) is 5.56 Å². The van der Waals surface area contributed by atoms with Crippen LogP contribution in [0.2, 0.25) is 5.02 Å². The van der Waals surface area contributed by atoms with Gasteiger partial charge in [-0.2, -0.15) is 5.10 Å². The van der Waals surface area contributed by atoms with Crippen LogP contribution in [0.4, 0.5) is 4.39 Å². The number of benzene rings is 2. The van der Waals surface area contributed by atoms with E-state index >= 15 is 0 Å². The highest BCUT2D eigenvalue weighted by molar-refractivity contribution is 6.33. The highest BCUT2D eigenvalue weighted by Crippen LogP contribution is 2.22. The zero-order valence-electron chi connectivity index (χ0n) is 12.9. The monoisotopic (exact) mass is 357 g/mol. The molecule has 0 aliphatic carbocycles. The summed E-state index contributed by atoms with van der Waals surface area (Å²) in [6.45, 7) is -0.252. The number of pyridine rings is 1. The van der Waals surface area contributed by atoms with E-state index in [0.29, 0.717) is 11.3 Å². The molecule has 3 aromatic rings. The number of hydrazone groups is 1. The smallest absolute Gasteiger partial charge is 0.277 e. The summed E-state index contributed by atoms with van der Waals surface area (Å²) in [4.78, 5) is 16.1. The Balaban J connectivity index is 1.61. The van der Waals surface area contributed by atoms with Gasteiger partial charge in [0.05, 0.1) is 11.2 Å². The standard InChI is InChI=1S/C18H13ClFN3O2/c19-14-6-2-7-15(20)13(14)10-22-23-17(24)11-25-16-8-1-4-12-5-3-9-21-18(12)16/h1-10H,11H2,(H,23,24). The normalized spacial score (nSPS) is 11.0. The van der Waals surface area contributed by atoms with Crippen LogP contribution in [0.5, 0.6) is 5.75 Å². The number of ether oxygens (including phenoxy) is 1. The van der Waals surface area contributed by atoms with Gasteiger partial charge < -0.3 is 4.74 Å². The zero-order valence-corrected chi connectivity index (χ0v) is 13.7. The van der Waals surface area contributed by atoms with Crippen molar-refractivity contribution >= 4 is 34.6 Å². The highest BCUT2D eigenvalue weighted by Gasteiger charge is 2.07. The summed E-state index contributed by atoms with van der Waals surface area (Å²) in [6, 6.07) is 13.4. The number of halogens is 2. The molecule has 1 N–H and O–H groups in total. The average molecular weight is 358 g/mol. The Morgan fingerprint density at radius 1 is 1.24 bits per heavy atom. The quantitative estimate of drug-likeness (QED) is 0.561. The first-order chi connectivity index (χ1) is 12.1. The van der Waals surface area contributed by atoms with Crippen molar-refractivity contribution in [3.05, 3.63) is 71.1 Å². The van der Waals surface area contributed by atoms with E-state index in [9.17, 15) is 9.18 Å². The molecule has 1 heterocycles. The van der Waals surface area contributed by atoms with Crippen molar-refractivity contribution in [2.75, 3.05) is 6.61 Å². The molecule has 1 amide bonds. The van der Waals surface area contributed by atoms with E-state index in [0.717, 1.165) is 11.6 Å². The molecule has 3 rings (SSSR count). The first-order valence-corrected chi connectivity index (χ1v) is 7.75. The molecular formula is C18H13ClFN3O2. The number of carbonyl (C=O) groups excluding carboxylic acids is 1. The first kappa shape index (κ1) is 16.9. The molecule has 0 unspecified atom stereocenters. The van der Waals surface area contributed by atoms with Gasteiger partial charge in [-0.3, -0.25) is 9.78 Å². The summed E-state index contributed by atoms with van der Waals surface area (Å²) in [6.07, 6.45) is 2.80. The molecule has 5 nitrogen and oxygen atoms in total. The molecule has 2 aromatic carbocycles. The van der Waals surface area contributed by atoms with Gasteiger partial charge in [0.25, 0.3) is 5.91 Å². The molecule has 25 heavy (non-hydrogen) atoms. The zero-order chi connectivity index (χ0) is 17.6. The molecule has 0 aliphatic heterocycles. The Kier molecular flexibility index (Phi) is 5.20. The second-order valence-electron chi connectivity index (χ2n) is 5.05. The molecule has 1 aromatic heterocycles. The lowest BCUT2D eigenvalue weighted by Gasteiger charge is -2.07. The van der Waals surface area contributed by atoms with Crippen molar-refractivity contribution in [3.8, 4) is 5.75 Å². The lowest BCUT2D eigenvalue weighted by Crippen LogP contribution is -2.24. The molecule has 0 bridgehead atoms. The van der Waals surface area contributed by atoms with Gasteiger partial charge in [0, 0.05) is 17.1 Å². The van der Waals surface area contributed by atoms with E-state index in [-0.39, 0.29) is 17.2 Å². The van der Waals surface area contributed by atoms with Crippen molar-refractivity contribution < 1.29 is 13.9 Å². The second-order valence-corrected chi connectivity index (χ2v) is 5.46. The third-order valence-corrected chi connectivity index (χ3v) is 3.67. The highest BCUT2D eigenvalue weighted by atomic mass is 35.5. The number of carbonyl (C=O) groups is 1. The lowest BCUT2D eigenvalue weighted by molar-refractivity contribution is -0.123. The lowest BCUT2D eigenvalue weighted by atomic mass is 10.2. The van der Waals surface area contributed by atoms with Crippen LogP contribution in [0.25, 0.3) is 10.9 Å². The van der Waals surface area contributed by atoms with Crippen molar-refractivity contribution in [1.82, 2.24) is 10.4 Å². The minimum Gasteiger partial charge on any atom is -0.481 e. The number of fused-ring (bicyclic) bond motifs is 1. The van der Waals surface area contributed by atoms with E-state index in [4.69, 9.17) is 16.3 Å².